The number of benzene rings is 2. The molecule has 0 fully saturated rings. The van der Waals surface area contributed by atoms with Crippen molar-refractivity contribution >= 4 is 35.1 Å². The fourth-order valence-electron chi connectivity index (χ4n) is 2.76. The molecule has 2 amide bonds. The fraction of sp³-hybridized carbons (Fsp3) is 0.250. The summed E-state index contributed by atoms with van der Waals surface area (Å²) in [4.78, 5) is 35.9. The first kappa shape index (κ1) is 18.9. The quantitative estimate of drug-likeness (QED) is 0.773. The first-order chi connectivity index (χ1) is 12.9. The minimum absolute atomic E-state index is 0.0401. The molecule has 1 atom stereocenters. The Morgan fingerprint density at radius 2 is 2.00 bits per heavy atom. The SMILES string of the molecule is CC(OC(=O)c1ccc2c(c1)CCC(=O)N2)C(=O)NCc1ccccc1Cl. The second kappa shape index (κ2) is 8.22. The largest absolute Gasteiger partial charge is 0.449 e. The monoisotopic (exact) mass is 386 g/mol. The van der Waals surface area contributed by atoms with Crippen LogP contribution in [0.2, 0.25) is 5.02 Å². The van der Waals surface area contributed by atoms with Gasteiger partial charge in [-0.3, -0.25) is 9.59 Å². The molecule has 0 aliphatic carbocycles. The highest BCUT2D eigenvalue weighted by molar-refractivity contribution is 6.31. The van der Waals surface area contributed by atoms with Crippen molar-refractivity contribution in [1.29, 1.82) is 0 Å². The average Bonchev–Trinajstić information content (AvgIpc) is 2.66. The number of carbonyl (C=O) groups is 3. The highest BCUT2D eigenvalue weighted by Crippen LogP contribution is 2.24. The van der Waals surface area contributed by atoms with Gasteiger partial charge in [0.2, 0.25) is 5.91 Å². The Labute approximate surface area is 161 Å². The smallest absolute Gasteiger partial charge is 0.338 e. The molecule has 2 aromatic rings. The lowest BCUT2D eigenvalue weighted by Crippen LogP contribution is -2.35. The lowest BCUT2D eigenvalue weighted by Gasteiger charge is -2.18. The normalized spacial score (nSPS) is 13.9. The number of carbonyl (C=O) groups excluding carboxylic acids is 3. The van der Waals surface area contributed by atoms with Gasteiger partial charge in [-0.1, -0.05) is 29.8 Å². The molecule has 1 aliphatic rings. The van der Waals surface area contributed by atoms with E-state index in [2.05, 4.69) is 10.6 Å². The van der Waals surface area contributed by atoms with Gasteiger partial charge in [0.1, 0.15) is 0 Å². The van der Waals surface area contributed by atoms with Crippen molar-refractivity contribution in [2.24, 2.45) is 0 Å². The molecular formula is C20H19ClN2O4. The number of halogens is 1. The third-order valence-electron chi connectivity index (χ3n) is 4.30. The number of nitrogens with one attached hydrogen (secondary N) is 2. The predicted octanol–water partition coefficient (Wildman–Crippen LogP) is 3.09. The molecule has 0 radical (unpaired) electrons. The predicted molar refractivity (Wildman–Crippen MR) is 102 cm³/mol. The van der Waals surface area contributed by atoms with Gasteiger partial charge in [-0.15, -0.1) is 0 Å². The first-order valence-electron chi connectivity index (χ1n) is 8.59. The third-order valence-corrected chi connectivity index (χ3v) is 4.67. The molecule has 1 heterocycles. The Balaban J connectivity index is 1.58. The first-order valence-corrected chi connectivity index (χ1v) is 8.96. The molecule has 0 aromatic heterocycles. The van der Waals surface area contributed by atoms with Crippen LogP contribution in [0.3, 0.4) is 0 Å². The zero-order valence-corrected chi connectivity index (χ0v) is 15.5. The van der Waals surface area contributed by atoms with Gasteiger partial charge in [0, 0.05) is 23.7 Å². The number of amides is 2. The molecule has 3 rings (SSSR count). The summed E-state index contributed by atoms with van der Waals surface area (Å²) in [5.74, 6) is -1.04. The second-order valence-electron chi connectivity index (χ2n) is 6.28. The van der Waals surface area contributed by atoms with E-state index in [0.29, 0.717) is 29.1 Å². The van der Waals surface area contributed by atoms with E-state index in [-0.39, 0.29) is 12.5 Å². The summed E-state index contributed by atoms with van der Waals surface area (Å²) >= 11 is 6.06. The number of fused-ring (bicyclic) bond motifs is 1. The highest BCUT2D eigenvalue weighted by Gasteiger charge is 2.21. The molecule has 1 unspecified atom stereocenters. The van der Waals surface area contributed by atoms with Crippen LogP contribution in [0.5, 0.6) is 0 Å². The van der Waals surface area contributed by atoms with Gasteiger partial charge in [0.15, 0.2) is 6.10 Å². The zero-order chi connectivity index (χ0) is 19.4. The van der Waals surface area contributed by atoms with Crippen LogP contribution in [-0.4, -0.2) is 23.9 Å². The molecule has 2 aromatic carbocycles. The summed E-state index contributed by atoms with van der Waals surface area (Å²) in [6.07, 6.45) is -0.00146. The van der Waals surface area contributed by atoms with Gasteiger partial charge in [0.05, 0.1) is 5.56 Å². The van der Waals surface area contributed by atoms with E-state index in [9.17, 15) is 14.4 Å². The molecule has 6 nitrogen and oxygen atoms in total. The van der Waals surface area contributed by atoms with Gasteiger partial charge < -0.3 is 15.4 Å². The maximum Gasteiger partial charge on any atom is 0.338 e. The van der Waals surface area contributed by atoms with Gasteiger partial charge in [-0.25, -0.2) is 4.79 Å². The molecule has 0 bridgehead atoms. The van der Waals surface area contributed by atoms with Crippen LogP contribution in [0.25, 0.3) is 0 Å². The van der Waals surface area contributed by atoms with Crippen LogP contribution < -0.4 is 10.6 Å². The second-order valence-corrected chi connectivity index (χ2v) is 6.68. The number of rotatable bonds is 5. The van der Waals surface area contributed by atoms with Crippen LogP contribution in [0, 0.1) is 0 Å². The zero-order valence-electron chi connectivity index (χ0n) is 14.8. The standard InChI is InChI=1S/C20H19ClN2O4/c1-12(19(25)22-11-15-4-2-3-5-16(15)21)27-20(26)14-6-8-17-13(10-14)7-9-18(24)23-17/h2-6,8,10,12H,7,9,11H2,1H3,(H,22,25)(H,23,24). The fourth-order valence-corrected chi connectivity index (χ4v) is 2.96. The van der Waals surface area contributed by atoms with Crippen molar-refractivity contribution in [3.63, 3.8) is 0 Å². The number of aryl methyl sites for hydroxylation is 1. The van der Waals surface area contributed by atoms with E-state index < -0.39 is 18.0 Å². The summed E-state index contributed by atoms with van der Waals surface area (Å²) < 4.78 is 5.26. The van der Waals surface area contributed by atoms with Gasteiger partial charge in [0.25, 0.3) is 5.91 Å². The topological polar surface area (TPSA) is 84.5 Å². The van der Waals surface area contributed by atoms with E-state index >= 15 is 0 Å². The molecule has 27 heavy (non-hydrogen) atoms. The minimum Gasteiger partial charge on any atom is -0.449 e. The lowest BCUT2D eigenvalue weighted by molar-refractivity contribution is -0.129. The third kappa shape index (κ3) is 4.65. The minimum atomic E-state index is -0.948. The molecule has 2 N–H and O–H groups in total. The molecule has 1 aliphatic heterocycles. The highest BCUT2D eigenvalue weighted by atomic mass is 35.5. The van der Waals surface area contributed by atoms with Crippen LogP contribution in [0.4, 0.5) is 5.69 Å². The van der Waals surface area contributed by atoms with Crippen molar-refractivity contribution < 1.29 is 19.1 Å². The van der Waals surface area contributed by atoms with Gasteiger partial charge in [-0.2, -0.15) is 0 Å². The molecule has 140 valence electrons. The number of anilines is 1. The van der Waals surface area contributed by atoms with Crippen LogP contribution in [-0.2, 0) is 27.3 Å². The summed E-state index contributed by atoms with van der Waals surface area (Å²) in [5.41, 5.74) is 2.70. The van der Waals surface area contributed by atoms with E-state index in [1.54, 1.807) is 24.3 Å². The summed E-state index contributed by atoms with van der Waals surface area (Å²) in [6.45, 7) is 1.76. The van der Waals surface area contributed by atoms with Gasteiger partial charge in [-0.05, 0) is 48.7 Å². The Kier molecular flexibility index (Phi) is 5.76. The molecular weight excluding hydrogens is 368 g/mol. The van der Waals surface area contributed by atoms with Crippen molar-refractivity contribution in [2.75, 3.05) is 5.32 Å². The Hall–Kier alpha value is -2.86. The lowest BCUT2D eigenvalue weighted by atomic mass is 10.0. The van der Waals surface area contributed by atoms with Crippen LogP contribution in [0.1, 0.15) is 34.8 Å². The maximum absolute atomic E-state index is 12.3. The van der Waals surface area contributed by atoms with Crippen molar-refractivity contribution in [3.8, 4) is 0 Å². The summed E-state index contributed by atoms with van der Waals surface area (Å²) in [6, 6.07) is 12.1. The number of hydrogen-bond donors (Lipinski definition) is 2. The van der Waals surface area contributed by atoms with Crippen molar-refractivity contribution in [1.82, 2.24) is 5.32 Å². The van der Waals surface area contributed by atoms with E-state index in [1.165, 1.54) is 6.92 Å². The summed E-state index contributed by atoms with van der Waals surface area (Å²) in [7, 11) is 0. The van der Waals surface area contributed by atoms with Gasteiger partial charge >= 0.3 is 5.97 Å². The Bertz CT molecular complexity index is 897. The summed E-state index contributed by atoms with van der Waals surface area (Å²) in [5, 5.41) is 6.02. The molecule has 0 saturated carbocycles. The van der Waals surface area contributed by atoms with Crippen molar-refractivity contribution in [3.05, 3.63) is 64.2 Å². The van der Waals surface area contributed by atoms with Crippen LogP contribution in [0.15, 0.2) is 42.5 Å². The Morgan fingerprint density at radius 1 is 1.22 bits per heavy atom. The molecule has 0 saturated heterocycles. The van der Waals surface area contributed by atoms with Crippen molar-refractivity contribution in [2.45, 2.75) is 32.4 Å². The van der Waals surface area contributed by atoms with Crippen LogP contribution >= 0.6 is 11.6 Å². The van der Waals surface area contributed by atoms with E-state index in [4.69, 9.17) is 16.3 Å². The number of esters is 1. The van der Waals surface area contributed by atoms with E-state index in [1.807, 2.05) is 18.2 Å². The average molecular weight is 387 g/mol. The van der Waals surface area contributed by atoms with E-state index in [0.717, 1.165) is 11.1 Å². The molecule has 7 heteroatoms. The number of hydrogen-bond acceptors (Lipinski definition) is 4. The molecule has 0 spiro atoms. The maximum atomic E-state index is 12.3. The number of ether oxygens (including phenoxy) is 1. The Morgan fingerprint density at radius 3 is 2.78 bits per heavy atom.